The van der Waals surface area contributed by atoms with Crippen molar-refractivity contribution < 1.29 is 13.9 Å². The molecule has 0 saturated carbocycles. The van der Waals surface area contributed by atoms with E-state index < -0.39 is 6.04 Å². The number of nitrogens with zero attached hydrogens (tertiary/aromatic N) is 2. The third kappa shape index (κ3) is 3.48. The van der Waals surface area contributed by atoms with Crippen LogP contribution >= 0.6 is 0 Å². The number of benzene rings is 1. The molecule has 3 rings (SSSR count). The second-order valence-corrected chi connectivity index (χ2v) is 6.66. The lowest BCUT2D eigenvalue weighted by Gasteiger charge is -2.25. The maximum Gasteiger partial charge on any atom is 0.317 e. The Kier molecular flexibility index (Phi) is 5.23. The molecule has 0 spiro atoms. The second kappa shape index (κ2) is 7.38. The van der Waals surface area contributed by atoms with Gasteiger partial charge in [0.2, 0.25) is 0 Å². The zero-order valence-corrected chi connectivity index (χ0v) is 14.4. The summed E-state index contributed by atoms with van der Waals surface area (Å²) in [5.74, 6) is 0.0951. The van der Waals surface area contributed by atoms with Crippen molar-refractivity contribution in [2.75, 3.05) is 33.3 Å². The van der Waals surface area contributed by atoms with Crippen LogP contribution in [0.4, 0.5) is 9.18 Å². The highest BCUT2D eigenvalue weighted by molar-refractivity contribution is 5.75. The molecule has 2 heterocycles. The van der Waals surface area contributed by atoms with Gasteiger partial charge < -0.3 is 15.0 Å². The van der Waals surface area contributed by atoms with Crippen molar-refractivity contribution in [1.29, 1.82) is 0 Å². The normalized spacial score (nSPS) is 22.6. The average molecular weight is 335 g/mol. The predicted octanol–water partition coefficient (Wildman–Crippen LogP) is 2.78. The van der Waals surface area contributed by atoms with Crippen LogP contribution in [0.5, 0.6) is 5.75 Å². The molecule has 0 aliphatic carbocycles. The molecule has 2 atom stereocenters. The van der Waals surface area contributed by atoms with E-state index in [-0.39, 0.29) is 11.8 Å². The Morgan fingerprint density at radius 2 is 2.08 bits per heavy atom. The first kappa shape index (κ1) is 17.0. The first-order valence-corrected chi connectivity index (χ1v) is 8.72. The van der Waals surface area contributed by atoms with E-state index >= 15 is 0 Å². The molecule has 2 fully saturated rings. The third-order valence-electron chi connectivity index (χ3n) is 5.11. The summed E-state index contributed by atoms with van der Waals surface area (Å²) in [4.78, 5) is 16.9. The van der Waals surface area contributed by atoms with Gasteiger partial charge in [0.25, 0.3) is 0 Å². The molecule has 0 radical (unpaired) electrons. The number of amides is 2. The van der Waals surface area contributed by atoms with Gasteiger partial charge in [0.15, 0.2) is 0 Å². The van der Waals surface area contributed by atoms with Crippen molar-refractivity contribution in [3.63, 3.8) is 0 Å². The van der Waals surface area contributed by atoms with Crippen LogP contribution in [0, 0.1) is 5.82 Å². The van der Waals surface area contributed by atoms with Crippen molar-refractivity contribution in [1.82, 2.24) is 15.1 Å². The molecular weight excluding hydrogens is 309 g/mol. The van der Waals surface area contributed by atoms with Crippen LogP contribution in [0.1, 0.15) is 37.8 Å². The van der Waals surface area contributed by atoms with E-state index in [1.807, 2.05) is 4.90 Å². The van der Waals surface area contributed by atoms with E-state index in [0.29, 0.717) is 17.4 Å². The number of hydrogen-bond acceptors (Lipinski definition) is 3. The molecule has 0 bridgehead atoms. The molecule has 24 heavy (non-hydrogen) atoms. The van der Waals surface area contributed by atoms with Gasteiger partial charge in [-0.2, -0.15) is 0 Å². The summed E-state index contributed by atoms with van der Waals surface area (Å²) in [6.07, 6.45) is 3.53. The Morgan fingerprint density at radius 1 is 1.33 bits per heavy atom. The summed E-state index contributed by atoms with van der Waals surface area (Å²) in [5.41, 5.74) is 0.392. The molecule has 132 valence electrons. The lowest BCUT2D eigenvalue weighted by molar-refractivity contribution is 0.195. The van der Waals surface area contributed by atoms with Crippen LogP contribution in [0.25, 0.3) is 0 Å². The van der Waals surface area contributed by atoms with E-state index in [1.54, 1.807) is 19.1 Å². The average Bonchev–Trinajstić information content (AvgIpc) is 3.25. The number of carbonyl (C=O) groups excluding carboxylic acids is 1. The number of carbonyl (C=O) groups is 1. The number of halogens is 1. The van der Waals surface area contributed by atoms with E-state index in [0.717, 1.165) is 32.6 Å². The van der Waals surface area contributed by atoms with Crippen LogP contribution in [-0.2, 0) is 0 Å². The minimum atomic E-state index is -0.445. The molecule has 2 saturated heterocycles. The topological polar surface area (TPSA) is 44.8 Å². The van der Waals surface area contributed by atoms with Crippen LogP contribution in [0.3, 0.4) is 0 Å². The van der Waals surface area contributed by atoms with E-state index in [4.69, 9.17) is 4.74 Å². The van der Waals surface area contributed by atoms with Gasteiger partial charge in [0, 0.05) is 19.1 Å². The molecule has 2 amide bonds. The number of hydrogen-bond donors (Lipinski definition) is 1. The second-order valence-electron chi connectivity index (χ2n) is 6.66. The standard InChI is InChI=1S/C18H26FN3O2/c1-13(17-15(19)6-5-7-16(17)24-2)20-18(23)22-11-8-14(12-22)21-9-3-4-10-21/h5-7,13-14H,3-4,8-12H2,1-2H3,(H,20,23)/t13-,14+/m0/s1. The molecular formula is C18H26FN3O2. The summed E-state index contributed by atoms with van der Waals surface area (Å²) in [6.45, 7) is 5.58. The Hall–Kier alpha value is -1.82. The fraction of sp³-hybridized carbons (Fsp3) is 0.611. The van der Waals surface area contributed by atoms with Gasteiger partial charge in [-0.1, -0.05) is 6.07 Å². The molecule has 1 aromatic carbocycles. The summed E-state index contributed by atoms with van der Waals surface area (Å²) in [5, 5.41) is 2.91. The monoisotopic (exact) mass is 335 g/mol. The van der Waals surface area contributed by atoms with E-state index in [9.17, 15) is 9.18 Å². The number of urea groups is 1. The van der Waals surface area contributed by atoms with Crippen molar-refractivity contribution in [2.45, 2.75) is 38.3 Å². The minimum absolute atomic E-state index is 0.130. The molecule has 0 aromatic heterocycles. The molecule has 2 aliphatic rings. The lowest BCUT2D eigenvalue weighted by Crippen LogP contribution is -2.42. The minimum Gasteiger partial charge on any atom is -0.496 e. The zero-order chi connectivity index (χ0) is 17.1. The van der Waals surface area contributed by atoms with Gasteiger partial charge in [-0.25, -0.2) is 9.18 Å². The summed E-state index contributed by atoms with van der Waals surface area (Å²) in [7, 11) is 1.51. The fourth-order valence-corrected chi connectivity index (χ4v) is 3.80. The van der Waals surface area contributed by atoms with Gasteiger partial charge in [-0.05, 0) is 51.4 Å². The Morgan fingerprint density at radius 3 is 2.79 bits per heavy atom. The van der Waals surface area contributed by atoms with Gasteiger partial charge in [-0.3, -0.25) is 4.90 Å². The van der Waals surface area contributed by atoms with Crippen molar-refractivity contribution in [3.05, 3.63) is 29.6 Å². The number of ether oxygens (including phenoxy) is 1. The van der Waals surface area contributed by atoms with Crippen LogP contribution in [0.15, 0.2) is 18.2 Å². The molecule has 1 N–H and O–H groups in total. The fourth-order valence-electron chi connectivity index (χ4n) is 3.80. The SMILES string of the molecule is COc1cccc(F)c1[C@H](C)NC(=O)N1CC[C@@H](N2CCCC2)C1. The number of methoxy groups -OCH3 is 1. The van der Waals surface area contributed by atoms with E-state index in [1.165, 1.54) is 26.0 Å². The largest absolute Gasteiger partial charge is 0.496 e. The molecule has 5 nitrogen and oxygen atoms in total. The highest BCUT2D eigenvalue weighted by Crippen LogP contribution is 2.28. The molecule has 1 aromatic rings. The van der Waals surface area contributed by atoms with Crippen molar-refractivity contribution in [2.24, 2.45) is 0 Å². The Labute approximate surface area is 142 Å². The Bertz CT molecular complexity index is 590. The quantitative estimate of drug-likeness (QED) is 0.920. The summed E-state index contributed by atoms with van der Waals surface area (Å²) < 4.78 is 19.4. The highest BCUT2D eigenvalue weighted by atomic mass is 19.1. The zero-order valence-electron chi connectivity index (χ0n) is 14.4. The molecule has 0 unspecified atom stereocenters. The molecule has 6 heteroatoms. The maximum absolute atomic E-state index is 14.1. The maximum atomic E-state index is 14.1. The molecule has 2 aliphatic heterocycles. The first-order valence-electron chi connectivity index (χ1n) is 8.72. The predicted molar refractivity (Wildman–Crippen MR) is 90.7 cm³/mol. The number of likely N-dealkylation sites (tertiary alicyclic amines) is 2. The van der Waals surface area contributed by atoms with Crippen LogP contribution in [0.2, 0.25) is 0 Å². The highest BCUT2D eigenvalue weighted by Gasteiger charge is 2.32. The first-order chi connectivity index (χ1) is 11.6. The van der Waals surface area contributed by atoms with Crippen LogP contribution in [-0.4, -0.2) is 55.2 Å². The van der Waals surface area contributed by atoms with Crippen molar-refractivity contribution >= 4 is 6.03 Å². The number of nitrogens with one attached hydrogen (secondary N) is 1. The number of rotatable bonds is 4. The lowest BCUT2D eigenvalue weighted by atomic mass is 10.1. The van der Waals surface area contributed by atoms with Gasteiger partial charge in [0.05, 0.1) is 18.7 Å². The van der Waals surface area contributed by atoms with Crippen LogP contribution < -0.4 is 10.1 Å². The van der Waals surface area contributed by atoms with Crippen molar-refractivity contribution in [3.8, 4) is 5.75 Å². The van der Waals surface area contributed by atoms with Gasteiger partial charge >= 0.3 is 6.03 Å². The van der Waals surface area contributed by atoms with E-state index in [2.05, 4.69) is 10.2 Å². The Balaban J connectivity index is 1.61. The third-order valence-corrected chi connectivity index (χ3v) is 5.11. The summed E-state index contributed by atoms with van der Waals surface area (Å²) >= 11 is 0. The summed E-state index contributed by atoms with van der Waals surface area (Å²) in [6, 6.07) is 4.60. The van der Waals surface area contributed by atoms with Gasteiger partial charge in [0.1, 0.15) is 11.6 Å². The smallest absolute Gasteiger partial charge is 0.317 e. The van der Waals surface area contributed by atoms with Gasteiger partial charge in [-0.15, -0.1) is 0 Å².